The second-order valence-corrected chi connectivity index (χ2v) is 9.38. The first kappa shape index (κ1) is 25.4. The molecule has 0 aliphatic carbocycles. The Kier molecular flexibility index (Phi) is 7.63. The van der Waals surface area contributed by atoms with Crippen molar-refractivity contribution in [1.29, 1.82) is 0 Å². The molecule has 38 heavy (non-hydrogen) atoms. The number of benzene rings is 4. The maximum atomic E-state index is 13.6. The summed E-state index contributed by atoms with van der Waals surface area (Å²) in [5.74, 6) is -0.250. The van der Waals surface area contributed by atoms with Crippen molar-refractivity contribution in [3.8, 4) is 5.75 Å². The second kappa shape index (κ2) is 11.4. The Morgan fingerprint density at radius 3 is 2.16 bits per heavy atom. The van der Waals surface area contributed by atoms with Crippen LogP contribution in [0.5, 0.6) is 5.75 Å². The highest BCUT2D eigenvalue weighted by Gasteiger charge is 2.32. The number of hydrogen-bond acceptors (Lipinski definition) is 5. The van der Waals surface area contributed by atoms with Gasteiger partial charge in [-0.05, 0) is 65.4 Å². The number of carbonyl (C=O) groups excluding carboxylic acids is 2. The van der Waals surface area contributed by atoms with Crippen LogP contribution in [0.25, 0.3) is 0 Å². The highest BCUT2D eigenvalue weighted by atomic mass is 16.5. The second-order valence-electron chi connectivity index (χ2n) is 9.38. The third-order valence-corrected chi connectivity index (χ3v) is 6.97. The molecule has 0 saturated carbocycles. The number of nitrogens with zero attached hydrogens (tertiary/aromatic N) is 1. The Hall–Kier alpha value is -4.26. The van der Waals surface area contributed by atoms with E-state index in [1.54, 1.807) is 36.4 Å². The fourth-order valence-electron chi connectivity index (χ4n) is 4.98. The maximum absolute atomic E-state index is 13.6. The number of amides is 1. The average Bonchev–Trinajstić information content (AvgIpc) is 2.97. The summed E-state index contributed by atoms with van der Waals surface area (Å²) in [5.41, 5.74) is 5.41. The molecule has 192 valence electrons. The van der Waals surface area contributed by atoms with Crippen LogP contribution in [-0.4, -0.2) is 33.5 Å². The molecule has 1 amide bonds. The van der Waals surface area contributed by atoms with Crippen LogP contribution >= 0.6 is 0 Å². The SMILES string of the molecule is O=C(Oc1cc(CC2c3ccc(CO)cc3CCN2C(=O)c2ccccc2)ccc1CO)c1ccccc1. The van der Waals surface area contributed by atoms with Crippen molar-refractivity contribution < 1.29 is 24.5 Å². The van der Waals surface area contributed by atoms with E-state index in [0.29, 0.717) is 41.8 Å². The molecule has 1 aliphatic rings. The lowest BCUT2D eigenvalue weighted by molar-refractivity contribution is 0.0659. The number of ether oxygens (including phenoxy) is 1. The van der Waals surface area contributed by atoms with Gasteiger partial charge in [-0.1, -0.05) is 66.7 Å². The molecule has 0 bridgehead atoms. The Balaban J connectivity index is 1.48. The monoisotopic (exact) mass is 507 g/mol. The fourth-order valence-corrected chi connectivity index (χ4v) is 4.98. The molecule has 6 heteroatoms. The number of aliphatic hydroxyl groups is 2. The molecule has 0 fully saturated rings. The van der Waals surface area contributed by atoms with Crippen LogP contribution in [0, 0.1) is 0 Å². The van der Waals surface area contributed by atoms with Crippen LogP contribution in [-0.2, 0) is 26.1 Å². The minimum atomic E-state index is -0.502. The predicted molar refractivity (Wildman–Crippen MR) is 144 cm³/mol. The summed E-state index contributed by atoms with van der Waals surface area (Å²) in [6.45, 7) is 0.237. The molecule has 4 aromatic rings. The Morgan fingerprint density at radius 2 is 1.47 bits per heavy atom. The summed E-state index contributed by atoms with van der Waals surface area (Å²) in [5, 5.41) is 19.5. The average molecular weight is 508 g/mol. The van der Waals surface area contributed by atoms with Crippen molar-refractivity contribution in [2.24, 2.45) is 0 Å². The first-order chi connectivity index (χ1) is 18.6. The van der Waals surface area contributed by atoms with Crippen LogP contribution in [0.1, 0.15) is 54.6 Å². The summed E-state index contributed by atoms with van der Waals surface area (Å²) >= 11 is 0. The van der Waals surface area contributed by atoms with Gasteiger partial charge in [-0.25, -0.2) is 4.79 Å². The molecule has 1 atom stereocenters. The lowest BCUT2D eigenvalue weighted by Gasteiger charge is -2.38. The molecule has 6 nitrogen and oxygen atoms in total. The lowest BCUT2D eigenvalue weighted by Crippen LogP contribution is -2.41. The first-order valence-corrected chi connectivity index (χ1v) is 12.7. The molecule has 0 spiro atoms. The zero-order chi connectivity index (χ0) is 26.5. The van der Waals surface area contributed by atoms with E-state index in [0.717, 1.165) is 22.3 Å². The Labute approximate surface area is 221 Å². The van der Waals surface area contributed by atoms with Gasteiger partial charge in [0.1, 0.15) is 5.75 Å². The number of fused-ring (bicyclic) bond motifs is 1. The van der Waals surface area contributed by atoms with Gasteiger partial charge in [0.25, 0.3) is 5.91 Å². The quantitative estimate of drug-likeness (QED) is 0.275. The molecule has 1 aliphatic heterocycles. The molecule has 4 aromatic carbocycles. The molecule has 0 saturated heterocycles. The number of rotatable bonds is 7. The van der Waals surface area contributed by atoms with Crippen LogP contribution in [0.3, 0.4) is 0 Å². The van der Waals surface area contributed by atoms with Gasteiger partial charge in [-0.15, -0.1) is 0 Å². The predicted octanol–water partition coefficient (Wildman–Crippen LogP) is 4.87. The molecule has 5 rings (SSSR count). The van der Waals surface area contributed by atoms with Gasteiger partial charge in [-0.3, -0.25) is 4.79 Å². The van der Waals surface area contributed by atoms with E-state index in [1.807, 2.05) is 65.6 Å². The van der Waals surface area contributed by atoms with Gasteiger partial charge in [0.05, 0.1) is 24.8 Å². The molecule has 1 unspecified atom stereocenters. The number of carbonyl (C=O) groups is 2. The topological polar surface area (TPSA) is 87.1 Å². The summed E-state index contributed by atoms with van der Waals surface area (Å²) < 4.78 is 5.69. The zero-order valence-electron chi connectivity index (χ0n) is 20.9. The van der Waals surface area contributed by atoms with E-state index in [2.05, 4.69) is 0 Å². The minimum absolute atomic E-state index is 0.0383. The number of hydrogen-bond donors (Lipinski definition) is 2. The van der Waals surface area contributed by atoms with Crippen molar-refractivity contribution in [2.75, 3.05) is 6.54 Å². The summed E-state index contributed by atoms with van der Waals surface area (Å²) in [4.78, 5) is 28.2. The van der Waals surface area contributed by atoms with E-state index in [1.165, 1.54) is 0 Å². The minimum Gasteiger partial charge on any atom is -0.423 e. The Morgan fingerprint density at radius 1 is 0.789 bits per heavy atom. The third kappa shape index (κ3) is 5.37. The van der Waals surface area contributed by atoms with E-state index < -0.39 is 5.97 Å². The highest BCUT2D eigenvalue weighted by molar-refractivity contribution is 5.94. The van der Waals surface area contributed by atoms with Crippen LogP contribution in [0.15, 0.2) is 97.1 Å². The molecule has 0 aromatic heterocycles. The lowest BCUT2D eigenvalue weighted by atomic mass is 9.87. The summed E-state index contributed by atoms with van der Waals surface area (Å²) in [6.07, 6.45) is 1.19. The van der Waals surface area contributed by atoms with Gasteiger partial charge >= 0.3 is 5.97 Å². The summed E-state index contributed by atoms with van der Waals surface area (Å²) in [7, 11) is 0. The molecular weight excluding hydrogens is 478 g/mol. The van der Waals surface area contributed by atoms with E-state index in [4.69, 9.17) is 4.74 Å². The first-order valence-electron chi connectivity index (χ1n) is 12.7. The van der Waals surface area contributed by atoms with Crippen LogP contribution < -0.4 is 4.74 Å². The van der Waals surface area contributed by atoms with Gasteiger partial charge in [0.15, 0.2) is 0 Å². The fraction of sp³-hybridized carbons (Fsp3) is 0.188. The van der Waals surface area contributed by atoms with Crippen molar-refractivity contribution in [2.45, 2.75) is 32.1 Å². The maximum Gasteiger partial charge on any atom is 0.343 e. The zero-order valence-corrected chi connectivity index (χ0v) is 20.9. The van der Waals surface area contributed by atoms with E-state index in [9.17, 15) is 19.8 Å². The molecule has 1 heterocycles. The van der Waals surface area contributed by atoms with Crippen molar-refractivity contribution in [3.63, 3.8) is 0 Å². The van der Waals surface area contributed by atoms with Gasteiger partial charge in [0, 0.05) is 17.7 Å². The molecular formula is C32H29NO5. The van der Waals surface area contributed by atoms with E-state index in [-0.39, 0.29) is 25.2 Å². The van der Waals surface area contributed by atoms with Gasteiger partial charge in [0.2, 0.25) is 0 Å². The molecule has 2 N–H and O–H groups in total. The largest absolute Gasteiger partial charge is 0.423 e. The smallest absolute Gasteiger partial charge is 0.343 e. The highest BCUT2D eigenvalue weighted by Crippen LogP contribution is 2.35. The third-order valence-electron chi connectivity index (χ3n) is 6.97. The van der Waals surface area contributed by atoms with Gasteiger partial charge < -0.3 is 19.8 Å². The molecule has 0 radical (unpaired) electrons. The van der Waals surface area contributed by atoms with Crippen molar-refractivity contribution in [1.82, 2.24) is 4.90 Å². The van der Waals surface area contributed by atoms with Crippen LogP contribution in [0.4, 0.5) is 0 Å². The number of aliphatic hydroxyl groups excluding tert-OH is 2. The normalized spacial score (nSPS) is 14.6. The Bertz CT molecular complexity index is 1440. The van der Waals surface area contributed by atoms with Gasteiger partial charge in [-0.2, -0.15) is 0 Å². The number of esters is 1. The van der Waals surface area contributed by atoms with Crippen LogP contribution in [0.2, 0.25) is 0 Å². The standard InChI is InChI=1S/C32H29NO5/c34-20-23-12-14-28-26(17-23)15-16-33(31(36)24-7-3-1-4-8-24)29(28)18-22-11-13-27(21-35)30(19-22)38-32(37)25-9-5-2-6-10-25/h1-14,17,19,29,34-35H,15-16,18,20-21H2. The van der Waals surface area contributed by atoms with E-state index >= 15 is 0 Å². The summed E-state index contributed by atoms with van der Waals surface area (Å²) in [6, 6.07) is 29.0. The van der Waals surface area contributed by atoms with Crippen molar-refractivity contribution in [3.05, 3.63) is 136 Å². The van der Waals surface area contributed by atoms with Crippen molar-refractivity contribution >= 4 is 11.9 Å².